The molecule has 10 nitrogen and oxygen atoms in total. The Balaban J connectivity index is 1.45. The molecule has 10 heteroatoms. The number of hydrogen-bond donors (Lipinski definition) is 3. The number of carboxylic acid groups (broad SMARTS) is 1. The molecule has 4 rings (SSSR count). The molecule has 0 radical (unpaired) electrons. The van der Waals surface area contributed by atoms with Crippen molar-refractivity contribution in [1.82, 2.24) is 20.0 Å². The highest BCUT2D eigenvalue weighted by Gasteiger charge is 2.30. The fraction of sp³-hybridized carbons (Fsp3) is 0.280. The van der Waals surface area contributed by atoms with Crippen LogP contribution in [-0.2, 0) is 16.6 Å². The van der Waals surface area contributed by atoms with Crippen LogP contribution in [0.4, 0.5) is 10.6 Å². The van der Waals surface area contributed by atoms with Crippen molar-refractivity contribution in [1.29, 1.82) is 0 Å². The van der Waals surface area contributed by atoms with E-state index in [2.05, 4.69) is 27.9 Å². The van der Waals surface area contributed by atoms with Crippen molar-refractivity contribution < 1.29 is 24.2 Å². The largest absolute Gasteiger partial charge is 0.480 e. The van der Waals surface area contributed by atoms with Crippen LogP contribution in [0.3, 0.4) is 0 Å². The number of hydrogen-bond acceptors (Lipinski definition) is 6. The summed E-state index contributed by atoms with van der Waals surface area (Å²) >= 11 is 0. The van der Waals surface area contributed by atoms with Crippen molar-refractivity contribution in [3.63, 3.8) is 0 Å². The predicted molar refractivity (Wildman–Crippen MR) is 129 cm³/mol. The highest BCUT2D eigenvalue weighted by Crippen LogP contribution is 2.44. The van der Waals surface area contributed by atoms with E-state index >= 15 is 0 Å². The van der Waals surface area contributed by atoms with Gasteiger partial charge in [0.15, 0.2) is 0 Å². The smallest absolute Gasteiger partial charge is 0.412 e. The monoisotopic (exact) mass is 477 g/mol. The molecule has 1 aromatic heterocycles. The van der Waals surface area contributed by atoms with Gasteiger partial charge in [-0.05, 0) is 36.3 Å². The molecule has 2 amide bonds. The number of carbonyl (C=O) groups is 3. The first-order chi connectivity index (χ1) is 16.8. The Morgan fingerprint density at radius 1 is 1.09 bits per heavy atom. The molecule has 0 fully saturated rings. The minimum atomic E-state index is -1.16. The third kappa shape index (κ3) is 5.02. The van der Waals surface area contributed by atoms with Gasteiger partial charge in [-0.3, -0.25) is 14.8 Å². The second kappa shape index (κ2) is 9.98. The van der Waals surface area contributed by atoms with Gasteiger partial charge in [0.1, 0.15) is 24.0 Å². The Morgan fingerprint density at radius 2 is 1.69 bits per heavy atom. The summed E-state index contributed by atoms with van der Waals surface area (Å²) in [6.45, 7) is 0.222. The number of nitrogens with zero attached hydrogens (tertiary/aromatic N) is 3. The zero-order valence-electron chi connectivity index (χ0n) is 19.7. The highest BCUT2D eigenvalue weighted by molar-refractivity contribution is 6.03. The van der Waals surface area contributed by atoms with E-state index in [9.17, 15) is 19.5 Å². The number of aryl methyl sites for hydroxylation is 1. The van der Waals surface area contributed by atoms with E-state index in [-0.39, 0.29) is 30.5 Å². The number of amides is 2. The lowest BCUT2D eigenvalue weighted by atomic mass is 9.98. The number of carbonyl (C=O) groups excluding carboxylic acids is 2. The SMILES string of the molecule is CN(C)CC(NC(=O)c1cnn(C)c1NC(=O)OCC1c2ccccc2-c2ccccc21)C(=O)O. The van der Waals surface area contributed by atoms with Gasteiger partial charge in [-0.2, -0.15) is 5.10 Å². The highest BCUT2D eigenvalue weighted by atomic mass is 16.5. The average Bonchev–Trinajstić information content (AvgIpc) is 3.34. The molecule has 0 spiro atoms. The second-order valence-corrected chi connectivity index (χ2v) is 8.61. The maximum absolute atomic E-state index is 12.8. The number of rotatable bonds is 8. The Bertz CT molecular complexity index is 1220. The minimum absolute atomic E-state index is 0.0333. The molecule has 3 aromatic rings. The quantitative estimate of drug-likeness (QED) is 0.455. The van der Waals surface area contributed by atoms with Gasteiger partial charge in [0, 0.05) is 19.5 Å². The Kier molecular flexibility index (Phi) is 6.83. The zero-order chi connectivity index (χ0) is 25.1. The number of aliphatic carboxylic acids is 1. The Hall–Kier alpha value is -4.18. The van der Waals surface area contributed by atoms with Crippen LogP contribution in [0.5, 0.6) is 0 Å². The van der Waals surface area contributed by atoms with Crippen LogP contribution in [0.2, 0.25) is 0 Å². The molecule has 2 aromatic carbocycles. The second-order valence-electron chi connectivity index (χ2n) is 8.61. The van der Waals surface area contributed by atoms with E-state index in [0.717, 1.165) is 22.3 Å². The van der Waals surface area contributed by atoms with Gasteiger partial charge in [-0.1, -0.05) is 48.5 Å². The summed E-state index contributed by atoms with van der Waals surface area (Å²) < 4.78 is 6.87. The lowest BCUT2D eigenvalue weighted by Gasteiger charge is -2.19. The summed E-state index contributed by atoms with van der Waals surface area (Å²) in [5, 5.41) is 18.5. The van der Waals surface area contributed by atoms with Crippen LogP contribution in [0, 0.1) is 0 Å². The molecule has 3 N–H and O–H groups in total. The van der Waals surface area contributed by atoms with E-state index in [0.29, 0.717) is 0 Å². The van der Waals surface area contributed by atoms with Gasteiger partial charge in [0.2, 0.25) is 0 Å². The first-order valence-corrected chi connectivity index (χ1v) is 11.1. The van der Waals surface area contributed by atoms with Gasteiger partial charge in [0.25, 0.3) is 5.91 Å². The lowest BCUT2D eigenvalue weighted by Crippen LogP contribution is -2.47. The predicted octanol–water partition coefficient (Wildman–Crippen LogP) is 2.53. The van der Waals surface area contributed by atoms with Crippen molar-refractivity contribution in [2.24, 2.45) is 7.05 Å². The number of nitrogens with one attached hydrogen (secondary N) is 2. The fourth-order valence-corrected chi connectivity index (χ4v) is 4.27. The maximum Gasteiger partial charge on any atom is 0.412 e. The topological polar surface area (TPSA) is 126 Å². The molecule has 1 unspecified atom stereocenters. The molecule has 0 saturated carbocycles. The minimum Gasteiger partial charge on any atom is -0.480 e. The fourth-order valence-electron chi connectivity index (χ4n) is 4.27. The molecular weight excluding hydrogens is 450 g/mol. The van der Waals surface area contributed by atoms with Crippen molar-refractivity contribution in [2.75, 3.05) is 32.6 Å². The zero-order valence-corrected chi connectivity index (χ0v) is 19.7. The third-order valence-electron chi connectivity index (χ3n) is 5.90. The number of fused-ring (bicyclic) bond motifs is 3. The summed E-state index contributed by atoms with van der Waals surface area (Å²) in [6, 6.07) is 14.9. The van der Waals surface area contributed by atoms with Crippen LogP contribution in [0.15, 0.2) is 54.7 Å². The molecule has 182 valence electrons. The molecular formula is C25H27N5O5. The maximum atomic E-state index is 12.8. The molecule has 1 aliphatic rings. The van der Waals surface area contributed by atoms with Crippen LogP contribution in [0.1, 0.15) is 27.4 Å². The number of carboxylic acids is 1. The molecule has 1 atom stereocenters. The van der Waals surface area contributed by atoms with Crippen molar-refractivity contribution >= 4 is 23.8 Å². The van der Waals surface area contributed by atoms with Crippen LogP contribution in [-0.4, -0.2) is 71.0 Å². The lowest BCUT2D eigenvalue weighted by molar-refractivity contribution is -0.139. The summed E-state index contributed by atoms with van der Waals surface area (Å²) in [5.74, 6) is -1.83. The normalized spacial score (nSPS) is 13.1. The van der Waals surface area contributed by atoms with E-state index in [1.807, 2.05) is 36.4 Å². The molecule has 1 heterocycles. The van der Waals surface area contributed by atoms with Crippen molar-refractivity contribution in [2.45, 2.75) is 12.0 Å². The number of anilines is 1. The van der Waals surface area contributed by atoms with Crippen molar-refractivity contribution in [3.8, 4) is 11.1 Å². The van der Waals surface area contributed by atoms with Crippen LogP contribution < -0.4 is 10.6 Å². The molecule has 0 aliphatic heterocycles. The van der Waals surface area contributed by atoms with Crippen LogP contribution in [0.25, 0.3) is 11.1 Å². The van der Waals surface area contributed by atoms with Gasteiger partial charge < -0.3 is 20.1 Å². The van der Waals surface area contributed by atoms with E-state index in [1.54, 1.807) is 26.0 Å². The van der Waals surface area contributed by atoms with Gasteiger partial charge >= 0.3 is 12.1 Å². The molecule has 0 bridgehead atoms. The number of aromatic nitrogens is 2. The standard InChI is InChI=1S/C25H27N5O5/c1-29(2)13-21(24(32)33)27-23(31)19-12-26-30(3)22(19)28-25(34)35-14-20-17-10-6-4-8-15(17)16-9-5-7-11-18(16)20/h4-12,20-21H,13-14H2,1-3H3,(H,27,31)(H,28,34)(H,32,33). The molecule has 35 heavy (non-hydrogen) atoms. The van der Waals surface area contributed by atoms with Gasteiger partial charge in [-0.25, -0.2) is 9.59 Å². The summed E-state index contributed by atoms with van der Waals surface area (Å²) in [6.07, 6.45) is 0.524. The summed E-state index contributed by atoms with van der Waals surface area (Å²) in [5.41, 5.74) is 4.44. The first kappa shape index (κ1) is 24.0. The van der Waals surface area contributed by atoms with Crippen molar-refractivity contribution in [3.05, 3.63) is 71.4 Å². The number of likely N-dealkylation sites (N-methyl/N-ethyl adjacent to an activating group) is 1. The first-order valence-electron chi connectivity index (χ1n) is 11.1. The Labute approximate surface area is 202 Å². The van der Waals surface area contributed by atoms with E-state index in [1.165, 1.54) is 10.9 Å². The van der Waals surface area contributed by atoms with Gasteiger partial charge in [-0.15, -0.1) is 0 Å². The molecule has 0 saturated heterocycles. The molecule has 1 aliphatic carbocycles. The Morgan fingerprint density at radius 3 is 2.26 bits per heavy atom. The van der Waals surface area contributed by atoms with Gasteiger partial charge in [0.05, 0.1) is 6.20 Å². The summed E-state index contributed by atoms with van der Waals surface area (Å²) in [4.78, 5) is 38.6. The van der Waals surface area contributed by atoms with E-state index < -0.39 is 24.0 Å². The van der Waals surface area contributed by atoms with E-state index in [4.69, 9.17) is 4.74 Å². The third-order valence-corrected chi connectivity index (χ3v) is 5.90. The average molecular weight is 478 g/mol. The summed E-state index contributed by atoms with van der Waals surface area (Å²) in [7, 11) is 4.97. The van der Waals surface area contributed by atoms with Crippen LogP contribution >= 0.6 is 0 Å². The number of ether oxygens (including phenoxy) is 1. The number of benzene rings is 2.